The fraction of sp³-hybridized carbons (Fsp3) is 1.00. The van der Waals surface area contributed by atoms with Crippen LogP contribution < -0.4 is 0 Å². The third kappa shape index (κ3) is 46.1. The van der Waals surface area contributed by atoms with Gasteiger partial charge in [0.1, 0.15) is 6.10 Å². The van der Waals surface area contributed by atoms with Gasteiger partial charge in [-0.15, -0.1) is 0 Å². The van der Waals surface area contributed by atoms with Crippen LogP contribution in [0.25, 0.3) is 0 Å². The third-order valence-electron chi connectivity index (χ3n) is 0.421. The van der Waals surface area contributed by atoms with E-state index in [0.717, 1.165) is 0 Å². The number of rotatable bonds is 2. The molecule has 0 radical (unpaired) electrons. The summed E-state index contributed by atoms with van der Waals surface area (Å²) in [5, 5.41) is 24.0. The van der Waals surface area contributed by atoms with Crippen molar-refractivity contribution < 1.29 is 54.0 Å². The molecule has 0 aliphatic heterocycles. The van der Waals surface area contributed by atoms with E-state index < -0.39 is 13.9 Å². The minimum atomic E-state index is -4.64. The summed E-state index contributed by atoms with van der Waals surface area (Å²) in [6, 6.07) is 0. The Hall–Kier alpha value is 0.613. The Morgan fingerprint density at radius 3 is 1.25 bits per heavy atom. The molecule has 0 saturated carbocycles. The maximum absolute atomic E-state index is 8.88. The van der Waals surface area contributed by atoms with E-state index in [4.69, 9.17) is 34.6 Å². The Bertz CT molecular complexity index is 112. The van der Waals surface area contributed by atoms with Gasteiger partial charge in [0, 0.05) is 19.5 Å². The SMILES string of the molecule is O=P(O)(O)O.OCC(O)CO.[Zn]. The Morgan fingerprint density at radius 2 is 1.25 bits per heavy atom. The van der Waals surface area contributed by atoms with Crippen LogP contribution in [0.15, 0.2) is 0 Å². The number of phosphoric acid groups is 1. The Labute approximate surface area is 81.7 Å². The molecule has 0 aromatic rings. The zero-order chi connectivity index (χ0) is 9.49. The summed E-state index contributed by atoms with van der Waals surface area (Å²) in [5.41, 5.74) is 0. The first-order valence-corrected chi connectivity index (χ1v) is 4.05. The molecule has 7 nitrogen and oxygen atoms in total. The molecule has 0 aromatic heterocycles. The molecule has 0 atom stereocenters. The molecule has 0 spiro atoms. The summed E-state index contributed by atoms with van der Waals surface area (Å²) < 4.78 is 8.88. The molecule has 0 aliphatic carbocycles. The van der Waals surface area contributed by atoms with Gasteiger partial charge in [0.25, 0.3) is 0 Å². The van der Waals surface area contributed by atoms with Gasteiger partial charge in [-0.1, -0.05) is 0 Å². The molecule has 0 aromatic carbocycles. The molecular formula is C3H11O7PZn. The maximum atomic E-state index is 8.88. The molecule has 12 heavy (non-hydrogen) atoms. The van der Waals surface area contributed by atoms with E-state index in [1.54, 1.807) is 0 Å². The molecule has 72 valence electrons. The van der Waals surface area contributed by atoms with Crippen LogP contribution in [0.5, 0.6) is 0 Å². The third-order valence-corrected chi connectivity index (χ3v) is 0.421. The molecule has 0 heterocycles. The van der Waals surface area contributed by atoms with Crippen LogP contribution in [-0.2, 0) is 24.0 Å². The molecule has 6 N–H and O–H groups in total. The van der Waals surface area contributed by atoms with Crippen LogP contribution in [0.2, 0.25) is 0 Å². The summed E-state index contributed by atoms with van der Waals surface area (Å²) >= 11 is 0. The average Bonchev–Trinajstić information content (AvgIpc) is 1.83. The summed E-state index contributed by atoms with van der Waals surface area (Å²) in [7, 11) is -4.64. The second kappa shape index (κ2) is 9.70. The average molecular weight is 255 g/mol. The topological polar surface area (TPSA) is 138 Å². The molecule has 0 amide bonds. The van der Waals surface area contributed by atoms with Gasteiger partial charge in [0.05, 0.1) is 13.2 Å². The first-order chi connectivity index (χ1) is 4.81. The smallest absolute Gasteiger partial charge is 0.394 e. The van der Waals surface area contributed by atoms with E-state index in [1.807, 2.05) is 0 Å². The quantitative estimate of drug-likeness (QED) is 0.235. The normalized spacial score (nSPS) is 9.92. The largest absolute Gasteiger partial charge is 0.466 e. The number of aliphatic hydroxyl groups excluding tert-OH is 3. The number of hydrogen-bond acceptors (Lipinski definition) is 4. The van der Waals surface area contributed by atoms with Gasteiger partial charge in [0.15, 0.2) is 0 Å². The molecule has 0 unspecified atom stereocenters. The fourth-order valence-electron chi connectivity index (χ4n) is 0.0577. The van der Waals surface area contributed by atoms with Gasteiger partial charge < -0.3 is 30.0 Å². The molecule has 0 aliphatic rings. The van der Waals surface area contributed by atoms with E-state index in [-0.39, 0.29) is 32.7 Å². The summed E-state index contributed by atoms with van der Waals surface area (Å²) in [5.74, 6) is 0. The summed E-state index contributed by atoms with van der Waals surface area (Å²) in [6.45, 7) is -0.729. The van der Waals surface area contributed by atoms with Crippen molar-refractivity contribution in [2.45, 2.75) is 6.10 Å². The second-order valence-corrected chi connectivity index (χ2v) is 2.56. The van der Waals surface area contributed by atoms with Gasteiger partial charge >= 0.3 is 7.82 Å². The van der Waals surface area contributed by atoms with Crippen molar-refractivity contribution in [3.8, 4) is 0 Å². The van der Waals surface area contributed by atoms with Gasteiger partial charge in [-0.25, -0.2) is 4.57 Å². The van der Waals surface area contributed by atoms with Crippen LogP contribution in [0.3, 0.4) is 0 Å². The minimum absolute atomic E-state index is 0. The zero-order valence-corrected chi connectivity index (χ0v) is 10.1. The first kappa shape index (κ1) is 18.4. The fourth-order valence-corrected chi connectivity index (χ4v) is 0.0577. The van der Waals surface area contributed by atoms with Crippen LogP contribution in [0.1, 0.15) is 0 Å². The van der Waals surface area contributed by atoms with Crippen molar-refractivity contribution in [2.24, 2.45) is 0 Å². The van der Waals surface area contributed by atoms with Crippen molar-refractivity contribution in [3.63, 3.8) is 0 Å². The molecular weight excluding hydrogens is 244 g/mol. The molecule has 0 saturated heterocycles. The Morgan fingerprint density at radius 1 is 1.08 bits per heavy atom. The van der Waals surface area contributed by atoms with E-state index in [1.165, 1.54) is 0 Å². The molecule has 0 bridgehead atoms. The van der Waals surface area contributed by atoms with E-state index in [2.05, 4.69) is 0 Å². The van der Waals surface area contributed by atoms with Crippen molar-refractivity contribution in [2.75, 3.05) is 13.2 Å². The van der Waals surface area contributed by atoms with Gasteiger partial charge in [-0.05, 0) is 0 Å². The monoisotopic (exact) mass is 254 g/mol. The second-order valence-electron chi connectivity index (χ2n) is 1.53. The van der Waals surface area contributed by atoms with Gasteiger partial charge in [-0.2, -0.15) is 0 Å². The van der Waals surface area contributed by atoms with Crippen molar-refractivity contribution >= 4 is 7.82 Å². The zero-order valence-electron chi connectivity index (χ0n) is 6.24. The summed E-state index contributed by atoms with van der Waals surface area (Å²) in [6.07, 6.45) is -0.954. The molecule has 0 rings (SSSR count). The van der Waals surface area contributed by atoms with Crippen LogP contribution in [-0.4, -0.2) is 49.3 Å². The minimum Gasteiger partial charge on any atom is -0.394 e. The predicted octanol–water partition coefficient (Wildman–Crippen LogP) is -2.60. The predicted molar refractivity (Wildman–Crippen MR) is 34.4 cm³/mol. The standard InChI is InChI=1S/C3H8O3.H3O4P.Zn/c4-1-3(6)2-5;1-5(2,3)4;/h3-6H,1-2H2;(H3,1,2,3,4);. The van der Waals surface area contributed by atoms with Crippen LogP contribution >= 0.6 is 7.82 Å². The van der Waals surface area contributed by atoms with Gasteiger partial charge in [-0.3, -0.25) is 0 Å². The molecule has 0 fully saturated rings. The van der Waals surface area contributed by atoms with E-state index in [9.17, 15) is 0 Å². The number of aliphatic hydroxyl groups is 3. The number of hydrogen-bond donors (Lipinski definition) is 6. The summed E-state index contributed by atoms with van der Waals surface area (Å²) in [4.78, 5) is 21.6. The van der Waals surface area contributed by atoms with Crippen molar-refractivity contribution in [1.82, 2.24) is 0 Å². The van der Waals surface area contributed by atoms with Gasteiger partial charge in [0.2, 0.25) is 0 Å². The van der Waals surface area contributed by atoms with E-state index in [0.29, 0.717) is 0 Å². The van der Waals surface area contributed by atoms with E-state index >= 15 is 0 Å². The van der Waals surface area contributed by atoms with Crippen molar-refractivity contribution in [1.29, 1.82) is 0 Å². The van der Waals surface area contributed by atoms with Crippen molar-refractivity contribution in [3.05, 3.63) is 0 Å². The Kier molecular flexibility index (Phi) is 14.9. The van der Waals surface area contributed by atoms with Crippen LogP contribution in [0.4, 0.5) is 0 Å². The van der Waals surface area contributed by atoms with Crippen LogP contribution in [0, 0.1) is 0 Å². The Balaban J connectivity index is -0.000000126. The first-order valence-electron chi connectivity index (χ1n) is 2.49. The molecule has 9 heteroatoms. The maximum Gasteiger partial charge on any atom is 0.466 e.